The van der Waals surface area contributed by atoms with Crippen LogP contribution in [0.25, 0.3) is 22.3 Å². The third-order valence-corrected chi connectivity index (χ3v) is 5.22. The number of aryl methyl sites for hydroxylation is 3. The molecule has 2 aromatic carbocycles. The van der Waals surface area contributed by atoms with Gasteiger partial charge in [-0.2, -0.15) is 0 Å². The molecule has 0 saturated carbocycles. The van der Waals surface area contributed by atoms with E-state index in [1.165, 1.54) is 22.5 Å². The van der Waals surface area contributed by atoms with Crippen LogP contribution in [0, 0.1) is 13.8 Å². The van der Waals surface area contributed by atoms with Crippen molar-refractivity contribution < 1.29 is 4.79 Å². The summed E-state index contributed by atoms with van der Waals surface area (Å²) in [6.45, 7) is 6.88. The van der Waals surface area contributed by atoms with E-state index < -0.39 is 0 Å². The second kappa shape index (κ2) is 6.92. The van der Waals surface area contributed by atoms with Crippen molar-refractivity contribution in [1.29, 1.82) is 0 Å². The predicted molar refractivity (Wildman–Crippen MR) is 108 cm³/mol. The Hall–Kier alpha value is -3.06. The molecule has 0 saturated heterocycles. The molecule has 0 spiro atoms. The molecule has 2 aromatic heterocycles. The third-order valence-electron chi connectivity index (χ3n) is 4.46. The first-order valence-electron chi connectivity index (χ1n) is 8.73. The summed E-state index contributed by atoms with van der Waals surface area (Å²) in [6, 6.07) is 11.7. The van der Waals surface area contributed by atoms with Gasteiger partial charge in [0.2, 0.25) is 0 Å². The monoisotopic (exact) mass is 377 g/mol. The molecule has 7 heteroatoms. The molecular formula is C20H19N5OS. The van der Waals surface area contributed by atoms with Crippen molar-refractivity contribution in [2.45, 2.75) is 27.3 Å². The maximum absolute atomic E-state index is 12.6. The SMILES string of the molecule is CCn1nnc2cc(C(=O)Nc3nc(-c4ccc(C)cc4C)cs3)ccc21. The van der Waals surface area contributed by atoms with Crippen molar-refractivity contribution in [3.05, 3.63) is 58.5 Å². The Kier molecular flexibility index (Phi) is 4.45. The fraction of sp³-hybridized carbons (Fsp3) is 0.200. The van der Waals surface area contributed by atoms with E-state index in [4.69, 9.17) is 0 Å². The molecule has 0 unspecified atom stereocenters. The first-order chi connectivity index (χ1) is 13.0. The average Bonchev–Trinajstić information content (AvgIpc) is 3.27. The lowest BCUT2D eigenvalue weighted by molar-refractivity contribution is 0.102. The zero-order valence-corrected chi connectivity index (χ0v) is 16.2. The quantitative estimate of drug-likeness (QED) is 0.570. The number of rotatable bonds is 4. The van der Waals surface area contributed by atoms with Crippen molar-refractivity contribution in [3.8, 4) is 11.3 Å². The first-order valence-corrected chi connectivity index (χ1v) is 9.61. The number of fused-ring (bicyclic) bond motifs is 1. The molecule has 4 aromatic rings. The van der Waals surface area contributed by atoms with E-state index >= 15 is 0 Å². The van der Waals surface area contributed by atoms with Crippen LogP contribution in [0.2, 0.25) is 0 Å². The van der Waals surface area contributed by atoms with Gasteiger partial charge < -0.3 is 0 Å². The molecule has 1 N–H and O–H groups in total. The highest BCUT2D eigenvalue weighted by Gasteiger charge is 2.13. The molecule has 0 fully saturated rings. The minimum Gasteiger partial charge on any atom is -0.298 e. The van der Waals surface area contributed by atoms with Crippen molar-refractivity contribution >= 4 is 33.4 Å². The zero-order valence-electron chi connectivity index (χ0n) is 15.4. The lowest BCUT2D eigenvalue weighted by Gasteiger charge is -2.04. The number of nitrogens with one attached hydrogen (secondary N) is 1. The number of benzene rings is 2. The maximum Gasteiger partial charge on any atom is 0.257 e. The Morgan fingerprint density at radius 3 is 2.81 bits per heavy atom. The Balaban J connectivity index is 1.56. The van der Waals surface area contributed by atoms with Crippen LogP contribution in [0.1, 0.15) is 28.4 Å². The van der Waals surface area contributed by atoms with E-state index in [2.05, 4.69) is 52.7 Å². The van der Waals surface area contributed by atoms with E-state index in [0.29, 0.717) is 16.2 Å². The summed E-state index contributed by atoms with van der Waals surface area (Å²) in [5, 5.41) is 13.6. The van der Waals surface area contributed by atoms with Gasteiger partial charge in [-0.1, -0.05) is 29.0 Å². The van der Waals surface area contributed by atoms with Gasteiger partial charge in [-0.3, -0.25) is 10.1 Å². The standard InChI is InChI=1S/C20H19N5OS/c1-4-25-18-8-6-14(10-16(18)23-24-25)19(26)22-20-21-17(11-27-20)15-7-5-12(2)9-13(15)3/h5-11H,4H2,1-3H3,(H,21,22,26). The highest BCUT2D eigenvalue weighted by Crippen LogP contribution is 2.28. The molecule has 0 aliphatic heterocycles. The van der Waals surface area contributed by atoms with E-state index in [1.807, 2.05) is 18.4 Å². The molecule has 0 atom stereocenters. The van der Waals surface area contributed by atoms with E-state index in [-0.39, 0.29) is 5.91 Å². The van der Waals surface area contributed by atoms with Crippen LogP contribution >= 0.6 is 11.3 Å². The number of carbonyl (C=O) groups is 1. The maximum atomic E-state index is 12.6. The number of thiazole rings is 1. The topological polar surface area (TPSA) is 72.7 Å². The lowest BCUT2D eigenvalue weighted by atomic mass is 10.0. The summed E-state index contributed by atoms with van der Waals surface area (Å²) >= 11 is 1.42. The Morgan fingerprint density at radius 2 is 2.04 bits per heavy atom. The number of amides is 1. The highest BCUT2D eigenvalue weighted by atomic mass is 32.1. The summed E-state index contributed by atoms with van der Waals surface area (Å²) < 4.78 is 1.80. The third kappa shape index (κ3) is 3.33. The van der Waals surface area contributed by atoms with Gasteiger partial charge in [0.1, 0.15) is 5.52 Å². The number of hydrogen-bond donors (Lipinski definition) is 1. The molecule has 0 radical (unpaired) electrons. The fourth-order valence-electron chi connectivity index (χ4n) is 3.07. The smallest absolute Gasteiger partial charge is 0.257 e. The normalized spacial score (nSPS) is 11.1. The van der Waals surface area contributed by atoms with E-state index in [9.17, 15) is 4.79 Å². The molecule has 27 heavy (non-hydrogen) atoms. The molecule has 4 rings (SSSR count). The van der Waals surface area contributed by atoms with Crippen molar-refractivity contribution in [1.82, 2.24) is 20.0 Å². The largest absolute Gasteiger partial charge is 0.298 e. The zero-order chi connectivity index (χ0) is 19.0. The van der Waals surface area contributed by atoms with E-state index in [0.717, 1.165) is 23.3 Å². The second-order valence-corrected chi connectivity index (χ2v) is 7.28. The van der Waals surface area contributed by atoms with Crippen LogP contribution in [0.3, 0.4) is 0 Å². The predicted octanol–water partition coefficient (Wildman–Crippen LogP) is 4.44. The summed E-state index contributed by atoms with van der Waals surface area (Å²) in [5.74, 6) is -0.204. The van der Waals surface area contributed by atoms with Gasteiger partial charge in [0.25, 0.3) is 5.91 Å². The summed E-state index contributed by atoms with van der Waals surface area (Å²) in [6.07, 6.45) is 0. The van der Waals surface area contributed by atoms with Crippen molar-refractivity contribution in [2.24, 2.45) is 0 Å². The molecular weight excluding hydrogens is 358 g/mol. The van der Waals surface area contributed by atoms with E-state index in [1.54, 1.807) is 16.8 Å². The lowest BCUT2D eigenvalue weighted by Crippen LogP contribution is -2.11. The molecule has 2 heterocycles. The summed E-state index contributed by atoms with van der Waals surface area (Å²) in [5.41, 5.74) is 6.50. The van der Waals surface area contributed by atoms with Crippen molar-refractivity contribution in [2.75, 3.05) is 5.32 Å². The van der Waals surface area contributed by atoms with Crippen LogP contribution in [-0.2, 0) is 6.54 Å². The molecule has 136 valence electrons. The highest BCUT2D eigenvalue weighted by molar-refractivity contribution is 7.14. The minimum absolute atomic E-state index is 0.204. The Morgan fingerprint density at radius 1 is 1.19 bits per heavy atom. The van der Waals surface area contributed by atoms with Gasteiger partial charge in [0.05, 0.1) is 11.2 Å². The molecule has 6 nitrogen and oxygen atoms in total. The van der Waals surface area contributed by atoms with Gasteiger partial charge in [-0.05, 0) is 44.5 Å². The van der Waals surface area contributed by atoms with Crippen LogP contribution in [-0.4, -0.2) is 25.9 Å². The molecule has 0 bridgehead atoms. The molecule has 1 amide bonds. The summed E-state index contributed by atoms with van der Waals surface area (Å²) in [4.78, 5) is 17.2. The Bertz CT molecular complexity index is 1140. The van der Waals surface area contributed by atoms with Crippen LogP contribution in [0.15, 0.2) is 41.8 Å². The first kappa shape index (κ1) is 17.4. The average molecular weight is 377 g/mol. The summed E-state index contributed by atoms with van der Waals surface area (Å²) in [7, 11) is 0. The number of aromatic nitrogens is 4. The minimum atomic E-state index is -0.204. The Labute approximate surface area is 160 Å². The van der Waals surface area contributed by atoms with Gasteiger partial charge in [0, 0.05) is 23.1 Å². The molecule has 0 aliphatic carbocycles. The van der Waals surface area contributed by atoms with Crippen molar-refractivity contribution in [3.63, 3.8) is 0 Å². The number of carbonyl (C=O) groups excluding carboxylic acids is 1. The molecule has 0 aliphatic rings. The van der Waals surface area contributed by atoms with Gasteiger partial charge in [-0.25, -0.2) is 9.67 Å². The van der Waals surface area contributed by atoms with Crippen LogP contribution in [0.5, 0.6) is 0 Å². The number of nitrogens with zero attached hydrogens (tertiary/aromatic N) is 4. The van der Waals surface area contributed by atoms with Crippen LogP contribution in [0.4, 0.5) is 5.13 Å². The number of hydrogen-bond acceptors (Lipinski definition) is 5. The number of anilines is 1. The second-order valence-electron chi connectivity index (χ2n) is 6.42. The van der Waals surface area contributed by atoms with Gasteiger partial charge in [-0.15, -0.1) is 16.4 Å². The fourth-order valence-corrected chi connectivity index (χ4v) is 3.78. The van der Waals surface area contributed by atoms with Gasteiger partial charge in [0.15, 0.2) is 5.13 Å². The van der Waals surface area contributed by atoms with Gasteiger partial charge >= 0.3 is 0 Å². The van der Waals surface area contributed by atoms with Crippen LogP contribution < -0.4 is 5.32 Å².